The monoisotopic (exact) mass is 714 g/mol. The first-order chi connectivity index (χ1) is 23.7. The van der Waals surface area contributed by atoms with E-state index in [2.05, 4.69) is 29.2 Å². The Morgan fingerprint density at radius 1 is 0.959 bits per heavy atom. The van der Waals surface area contributed by atoms with Gasteiger partial charge >= 0.3 is 5.97 Å². The normalized spacial score (nSPS) is 15.3. The zero-order valence-electron chi connectivity index (χ0n) is 27.5. The van der Waals surface area contributed by atoms with Gasteiger partial charge in [-0.15, -0.1) is 0 Å². The van der Waals surface area contributed by atoms with E-state index in [1.165, 1.54) is 28.8 Å². The molecule has 12 heteroatoms. The van der Waals surface area contributed by atoms with Crippen LogP contribution in [0.5, 0.6) is 17.2 Å². The fraction of sp³-hybridized carbons (Fsp3) is 0.243. The predicted octanol–water partition coefficient (Wildman–Crippen LogP) is 5.50. The van der Waals surface area contributed by atoms with E-state index in [1.54, 1.807) is 30.8 Å². The average molecular weight is 715 g/mol. The van der Waals surface area contributed by atoms with Crippen LogP contribution in [-0.2, 0) is 23.8 Å². The van der Waals surface area contributed by atoms with Crippen molar-refractivity contribution in [3.05, 3.63) is 109 Å². The van der Waals surface area contributed by atoms with Crippen LogP contribution in [0.15, 0.2) is 113 Å². The Kier molecular flexibility index (Phi) is 10.9. The molecule has 0 spiro atoms. The van der Waals surface area contributed by atoms with E-state index in [9.17, 15) is 13.2 Å². The number of rotatable bonds is 14. The van der Waals surface area contributed by atoms with E-state index in [-0.39, 0.29) is 22.2 Å². The maximum Gasteiger partial charge on any atom is 0.306 e. The highest BCUT2D eigenvalue weighted by atomic mass is 32.2. The third-order valence-electron chi connectivity index (χ3n) is 7.83. The lowest BCUT2D eigenvalue weighted by atomic mass is 10.2. The zero-order chi connectivity index (χ0) is 34.4. The quantitative estimate of drug-likeness (QED) is 0.119. The number of carbonyl (C=O) groups excluding carboxylic acids is 1. The fourth-order valence-corrected chi connectivity index (χ4v) is 9.62. The molecule has 4 aromatic carbocycles. The first-order valence-corrected chi connectivity index (χ1v) is 20.5. The first-order valence-electron chi connectivity index (χ1n) is 16.1. The molecule has 0 saturated heterocycles. The number of fused-ring (bicyclic) bond motifs is 1. The first kappa shape index (κ1) is 34.5. The summed E-state index contributed by atoms with van der Waals surface area (Å²) in [4.78, 5) is 20.5. The molecule has 9 nitrogen and oxygen atoms in total. The Bertz CT molecular complexity index is 2000. The van der Waals surface area contributed by atoms with Crippen LogP contribution in [0.4, 0.5) is 0 Å². The second-order valence-electron chi connectivity index (χ2n) is 11.8. The molecule has 6 rings (SSSR count). The van der Waals surface area contributed by atoms with Gasteiger partial charge < -0.3 is 23.6 Å². The molecule has 1 N–H and O–H groups in total. The van der Waals surface area contributed by atoms with Crippen molar-refractivity contribution >= 4 is 62.9 Å². The number of aliphatic imine (C=N–C) groups is 1. The number of aromatic nitrogens is 1. The molecule has 49 heavy (non-hydrogen) atoms. The van der Waals surface area contributed by atoms with Crippen LogP contribution in [0, 0.1) is 0 Å². The minimum absolute atomic E-state index is 0.00787. The summed E-state index contributed by atoms with van der Waals surface area (Å²) >= 11 is 1.55. The molecule has 1 aromatic heterocycles. The second-order valence-corrected chi connectivity index (χ2v) is 17.5. The van der Waals surface area contributed by atoms with Gasteiger partial charge in [-0.1, -0.05) is 72.4 Å². The molecule has 254 valence electrons. The number of nitrogens with zero attached hydrogens (tertiary/aromatic N) is 1. The van der Waals surface area contributed by atoms with Gasteiger partial charge in [-0.2, -0.15) is 0 Å². The Hall–Kier alpha value is -4.36. The van der Waals surface area contributed by atoms with Crippen molar-refractivity contribution in [2.45, 2.75) is 36.5 Å². The minimum atomic E-state index is -3.34. The number of hydrogen-bond acceptors (Lipinski definition) is 9. The number of sulfone groups is 1. The minimum Gasteiger partial charge on any atom is -0.486 e. The Morgan fingerprint density at radius 2 is 1.63 bits per heavy atom. The van der Waals surface area contributed by atoms with Crippen molar-refractivity contribution in [2.24, 2.45) is 4.99 Å². The lowest BCUT2D eigenvalue weighted by molar-refractivity contribution is -0.143. The summed E-state index contributed by atoms with van der Waals surface area (Å²) in [5, 5.41) is 4.04. The third kappa shape index (κ3) is 8.82. The van der Waals surface area contributed by atoms with Crippen molar-refractivity contribution in [3.8, 4) is 17.2 Å². The van der Waals surface area contributed by atoms with E-state index in [4.69, 9.17) is 23.6 Å². The van der Waals surface area contributed by atoms with Crippen LogP contribution >= 0.6 is 11.8 Å². The third-order valence-corrected chi connectivity index (χ3v) is 12.7. The summed E-state index contributed by atoms with van der Waals surface area (Å²) in [5.74, 6) is 1.36. The van der Waals surface area contributed by atoms with Crippen molar-refractivity contribution in [1.82, 2.24) is 4.98 Å². The topological polar surface area (TPSA) is 116 Å². The highest BCUT2D eigenvalue weighted by Gasteiger charge is 2.26. The van der Waals surface area contributed by atoms with E-state index in [1.807, 2.05) is 61.5 Å². The van der Waals surface area contributed by atoms with Crippen LogP contribution in [0.2, 0.25) is 0 Å². The maximum absolute atomic E-state index is 12.1. The summed E-state index contributed by atoms with van der Waals surface area (Å²) in [6.45, 7) is 5.02. The van der Waals surface area contributed by atoms with Crippen LogP contribution < -0.4 is 19.8 Å². The molecule has 2 unspecified atom stereocenters. The van der Waals surface area contributed by atoms with Gasteiger partial charge in [0.1, 0.15) is 28.4 Å². The van der Waals surface area contributed by atoms with Crippen LogP contribution in [-0.4, -0.2) is 70.8 Å². The summed E-state index contributed by atoms with van der Waals surface area (Å²) in [6, 6.07) is 32.6. The number of ether oxygens (including phenoxy) is 3. The zero-order valence-corrected chi connectivity index (χ0v) is 30.3. The van der Waals surface area contributed by atoms with Crippen molar-refractivity contribution in [3.63, 3.8) is 0 Å². The molecule has 0 saturated carbocycles. The molecule has 0 amide bonds. The van der Waals surface area contributed by atoms with Gasteiger partial charge in [0.15, 0.2) is 9.84 Å². The molecular formula is C37H38N2O7S2Si. The van der Waals surface area contributed by atoms with Gasteiger partial charge in [-0.3, -0.25) is 9.79 Å². The Labute approximate surface area is 292 Å². The smallest absolute Gasteiger partial charge is 0.306 e. The van der Waals surface area contributed by atoms with Gasteiger partial charge in [-0.25, -0.2) is 8.42 Å². The maximum atomic E-state index is 12.1. The van der Waals surface area contributed by atoms with E-state index in [0.29, 0.717) is 43.4 Å². The van der Waals surface area contributed by atoms with Crippen LogP contribution in [0.25, 0.3) is 10.9 Å². The lowest BCUT2D eigenvalue weighted by Gasteiger charge is -2.21. The summed E-state index contributed by atoms with van der Waals surface area (Å²) in [5.41, 5.74) is 1.59. The molecule has 0 radical (unpaired) electrons. The second kappa shape index (κ2) is 15.5. The fourth-order valence-electron chi connectivity index (χ4n) is 5.54. The van der Waals surface area contributed by atoms with E-state index < -0.39 is 18.9 Å². The number of H-pyrrole nitrogens is 1. The van der Waals surface area contributed by atoms with Gasteiger partial charge in [0.25, 0.3) is 0 Å². The molecular weight excluding hydrogens is 677 g/mol. The van der Waals surface area contributed by atoms with Gasteiger partial charge in [0.05, 0.1) is 42.3 Å². The number of aromatic amines is 1. The summed E-state index contributed by atoms with van der Waals surface area (Å²) < 4.78 is 48.5. The highest BCUT2D eigenvalue weighted by molar-refractivity contribution is 8.15. The van der Waals surface area contributed by atoms with Gasteiger partial charge in [0, 0.05) is 23.0 Å². The summed E-state index contributed by atoms with van der Waals surface area (Å²) in [7, 11) is -5.31. The predicted molar refractivity (Wildman–Crippen MR) is 197 cm³/mol. The number of benzene rings is 4. The standard InChI is InChI=1S/C37H38N2O7S2Si/c1-4-43-35(40)22-29-23-38-37(47-29)33-20-26-19-28(46-27-15-17-30(18-16-27)48(3,41)42)21-34(36(26)39-33)45-25(2)24-44-49(31-11-7-5-8-12-31)32-13-9-6-10-14-32/h5-21,25,29,39,49H,4,22-24H2,1-3H3. The van der Waals surface area contributed by atoms with Crippen molar-refractivity contribution < 1.29 is 31.8 Å². The number of nitrogens with one attached hydrogen (secondary N) is 1. The van der Waals surface area contributed by atoms with Crippen molar-refractivity contribution in [2.75, 3.05) is 26.0 Å². The Morgan fingerprint density at radius 3 is 2.27 bits per heavy atom. The van der Waals surface area contributed by atoms with Crippen LogP contribution in [0.3, 0.4) is 0 Å². The van der Waals surface area contributed by atoms with E-state index in [0.717, 1.165) is 21.6 Å². The molecule has 5 aromatic rings. The molecule has 0 bridgehead atoms. The van der Waals surface area contributed by atoms with Gasteiger partial charge in [0.2, 0.25) is 9.04 Å². The van der Waals surface area contributed by atoms with Crippen molar-refractivity contribution in [1.29, 1.82) is 0 Å². The molecule has 0 aliphatic carbocycles. The van der Waals surface area contributed by atoms with E-state index >= 15 is 0 Å². The Balaban J connectivity index is 1.25. The molecule has 2 heterocycles. The SMILES string of the molecule is CCOC(=O)CC1CN=C(c2cc3cc(Oc4ccc(S(C)(=O)=O)cc4)cc(OC(C)CO[SiH](c4ccccc4)c4ccccc4)c3[nH]2)S1. The number of thioether (sulfide) groups is 1. The molecule has 1 aliphatic rings. The van der Waals surface area contributed by atoms with Crippen LogP contribution in [0.1, 0.15) is 26.0 Å². The lowest BCUT2D eigenvalue weighted by Crippen LogP contribution is -2.46. The average Bonchev–Trinajstić information content (AvgIpc) is 3.73. The molecule has 2 atom stereocenters. The number of carbonyl (C=O) groups is 1. The number of hydrogen-bond donors (Lipinski definition) is 1. The molecule has 0 fully saturated rings. The highest BCUT2D eigenvalue weighted by Crippen LogP contribution is 2.37. The van der Waals surface area contributed by atoms with Gasteiger partial charge in [-0.05, 0) is 60.6 Å². The number of esters is 1. The largest absolute Gasteiger partial charge is 0.486 e. The summed E-state index contributed by atoms with van der Waals surface area (Å²) in [6.07, 6.45) is 1.16. The molecule has 1 aliphatic heterocycles.